The first-order valence-corrected chi connectivity index (χ1v) is 10.2. The molecule has 2 rings (SSSR count). The SMILES string of the molecule is CCCNC(=O)[C@@H](C)N(Cc1ccc(C)cc1)C(=O)COc1ccc(Cl)c(C)c1. The molecule has 0 saturated carbocycles. The zero-order chi connectivity index (χ0) is 21.4. The number of aryl methyl sites for hydroxylation is 2. The van der Waals surface area contributed by atoms with Crippen molar-refractivity contribution in [3.8, 4) is 5.75 Å². The van der Waals surface area contributed by atoms with Crippen LogP contribution in [0.5, 0.6) is 5.75 Å². The third-order valence-corrected chi connectivity index (χ3v) is 5.11. The minimum atomic E-state index is -0.606. The van der Waals surface area contributed by atoms with Crippen molar-refractivity contribution in [3.63, 3.8) is 0 Å². The van der Waals surface area contributed by atoms with Crippen molar-refractivity contribution in [1.82, 2.24) is 10.2 Å². The fourth-order valence-electron chi connectivity index (χ4n) is 2.80. The molecule has 0 heterocycles. The number of nitrogens with zero attached hydrogens (tertiary/aromatic N) is 1. The van der Waals surface area contributed by atoms with Crippen LogP contribution in [0.2, 0.25) is 5.02 Å². The Hall–Kier alpha value is -2.53. The highest BCUT2D eigenvalue weighted by Crippen LogP contribution is 2.21. The van der Waals surface area contributed by atoms with E-state index < -0.39 is 6.04 Å². The molecule has 2 amide bonds. The summed E-state index contributed by atoms with van der Waals surface area (Å²) in [4.78, 5) is 27.0. The van der Waals surface area contributed by atoms with Crippen molar-refractivity contribution in [2.75, 3.05) is 13.2 Å². The number of nitrogens with one attached hydrogen (secondary N) is 1. The lowest BCUT2D eigenvalue weighted by Crippen LogP contribution is -2.49. The van der Waals surface area contributed by atoms with Gasteiger partial charge in [0.05, 0.1) is 0 Å². The van der Waals surface area contributed by atoms with Crippen molar-refractivity contribution in [2.24, 2.45) is 0 Å². The van der Waals surface area contributed by atoms with Crippen LogP contribution in [0.1, 0.15) is 37.0 Å². The number of hydrogen-bond acceptors (Lipinski definition) is 3. The fraction of sp³-hybridized carbons (Fsp3) is 0.391. The quantitative estimate of drug-likeness (QED) is 0.663. The summed E-state index contributed by atoms with van der Waals surface area (Å²) in [6.45, 7) is 8.37. The van der Waals surface area contributed by atoms with E-state index in [1.54, 1.807) is 30.0 Å². The van der Waals surface area contributed by atoms with Crippen LogP contribution in [0.25, 0.3) is 0 Å². The number of amides is 2. The topological polar surface area (TPSA) is 58.6 Å². The van der Waals surface area contributed by atoms with E-state index in [9.17, 15) is 9.59 Å². The van der Waals surface area contributed by atoms with Gasteiger partial charge in [0, 0.05) is 18.1 Å². The third-order valence-electron chi connectivity index (χ3n) is 4.68. The predicted octanol–water partition coefficient (Wildman–Crippen LogP) is 4.28. The maximum Gasteiger partial charge on any atom is 0.261 e. The van der Waals surface area contributed by atoms with Crippen LogP contribution in [0.3, 0.4) is 0 Å². The van der Waals surface area contributed by atoms with Gasteiger partial charge in [0.1, 0.15) is 11.8 Å². The van der Waals surface area contributed by atoms with E-state index in [-0.39, 0.29) is 18.4 Å². The maximum atomic E-state index is 13.0. The molecule has 0 aliphatic heterocycles. The molecule has 6 heteroatoms. The zero-order valence-corrected chi connectivity index (χ0v) is 18.3. The second-order valence-electron chi connectivity index (χ2n) is 7.17. The van der Waals surface area contributed by atoms with Crippen LogP contribution >= 0.6 is 11.6 Å². The van der Waals surface area contributed by atoms with Gasteiger partial charge < -0.3 is 15.0 Å². The Bertz CT molecular complexity index is 837. The highest BCUT2D eigenvalue weighted by atomic mass is 35.5. The molecule has 2 aromatic rings. The van der Waals surface area contributed by atoms with E-state index in [1.807, 2.05) is 45.0 Å². The summed E-state index contributed by atoms with van der Waals surface area (Å²) in [7, 11) is 0. The van der Waals surface area contributed by atoms with Gasteiger partial charge in [-0.3, -0.25) is 9.59 Å². The molecule has 0 saturated heterocycles. The lowest BCUT2D eigenvalue weighted by molar-refractivity contribution is -0.142. The van der Waals surface area contributed by atoms with E-state index in [2.05, 4.69) is 5.32 Å². The van der Waals surface area contributed by atoms with Crippen LogP contribution in [-0.4, -0.2) is 35.9 Å². The van der Waals surface area contributed by atoms with Gasteiger partial charge in [-0.2, -0.15) is 0 Å². The molecule has 1 atom stereocenters. The molecule has 0 bridgehead atoms. The van der Waals surface area contributed by atoms with Gasteiger partial charge in [-0.25, -0.2) is 0 Å². The average Bonchev–Trinajstić information content (AvgIpc) is 2.71. The van der Waals surface area contributed by atoms with Crippen molar-refractivity contribution in [3.05, 3.63) is 64.2 Å². The Balaban J connectivity index is 2.13. The first-order chi connectivity index (χ1) is 13.8. The summed E-state index contributed by atoms with van der Waals surface area (Å²) in [5.41, 5.74) is 2.98. The fourth-order valence-corrected chi connectivity index (χ4v) is 2.92. The Labute approximate surface area is 178 Å². The second kappa shape index (κ2) is 10.9. The lowest BCUT2D eigenvalue weighted by atomic mass is 10.1. The van der Waals surface area contributed by atoms with Crippen LogP contribution < -0.4 is 10.1 Å². The van der Waals surface area contributed by atoms with Gasteiger partial charge >= 0.3 is 0 Å². The molecule has 0 aliphatic rings. The van der Waals surface area contributed by atoms with Gasteiger partial charge in [-0.05, 0) is 56.5 Å². The molecule has 1 N–H and O–H groups in total. The molecule has 0 aliphatic carbocycles. The van der Waals surface area contributed by atoms with E-state index in [0.717, 1.165) is 23.1 Å². The summed E-state index contributed by atoms with van der Waals surface area (Å²) in [5, 5.41) is 3.51. The van der Waals surface area contributed by atoms with Crippen LogP contribution in [0, 0.1) is 13.8 Å². The van der Waals surface area contributed by atoms with Crippen molar-refractivity contribution < 1.29 is 14.3 Å². The molecule has 0 radical (unpaired) electrons. The summed E-state index contributed by atoms with van der Waals surface area (Å²) >= 11 is 6.04. The monoisotopic (exact) mass is 416 g/mol. The molecule has 0 unspecified atom stereocenters. The normalized spacial score (nSPS) is 11.6. The van der Waals surface area contributed by atoms with Gasteiger partial charge in [0.2, 0.25) is 5.91 Å². The number of halogens is 1. The minimum Gasteiger partial charge on any atom is -0.484 e. The van der Waals surface area contributed by atoms with Gasteiger partial charge in [-0.1, -0.05) is 48.4 Å². The third kappa shape index (κ3) is 6.79. The largest absolute Gasteiger partial charge is 0.484 e. The first-order valence-electron chi connectivity index (χ1n) is 9.83. The first kappa shape index (κ1) is 22.8. The minimum absolute atomic E-state index is 0.154. The van der Waals surface area contributed by atoms with Crippen LogP contribution in [-0.2, 0) is 16.1 Å². The maximum absolute atomic E-state index is 13.0. The van der Waals surface area contributed by atoms with Gasteiger partial charge in [-0.15, -0.1) is 0 Å². The molecule has 0 spiro atoms. The molecule has 0 fully saturated rings. The summed E-state index contributed by atoms with van der Waals surface area (Å²) in [6, 6.07) is 12.6. The molecular weight excluding hydrogens is 388 g/mol. The zero-order valence-electron chi connectivity index (χ0n) is 17.5. The number of carbonyl (C=O) groups excluding carboxylic acids is 2. The van der Waals surface area contributed by atoms with Crippen molar-refractivity contribution in [2.45, 2.75) is 46.7 Å². The smallest absolute Gasteiger partial charge is 0.261 e. The standard InChI is InChI=1S/C23H29ClN2O3/c1-5-12-25-23(28)18(4)26(14-19-8-6-16(2)7-9-19)22(27)15-29-20-10-11-21(24)17(3)13-20/h6-11,13,18H,5,12,14-15H2,1-4H3,(H,25,28)/t18-/m1/s1. The number of hydrogen-bond donors (Lipinski definition) is 1. The summed E-state index contributed by atoms with van der Waals surface area (Å²) < 4.78 is 5.67. The number of ether oxygens (including phenoxy) is 1. The van der Waals surface area contributed by atoms with Gasteiger partial charge in [0.25, 0.3) is 5.91 Å². The Morgan fingerprint density at radius 2 is 1.83 bits per heavy atom. The highest BCUT2D eigenvalue weighted by Gasteiger charge is 2.26. The summed E-state index contributed by atoms with van der Waals surface area (Å²) in [5.74, 6) is 0.144. The molecule has 0 aromatic heterocycles. The number of benzene rings is 2. The molecule has 2 aromatic carbocycles. The van der Waals surface area contributed by atoms with E-state index in [4.69, 9.17) is 16.3 Å². The predicted molar refractivity (Wildman–Crippen MR) is 116 cm³/mol. The van der Waals surface area contributed by atoms with Crippen LogP contribution in [0.15, 0.2) is 42.5 Å². The Morgan fingerprint density at radius 1 is 1.14 bits per heavy atom. The summed E-state index contributed by atoms with van der Waals surface area (Å²) in [6.07, 6.45) is 0.837. The van der Waals surface area contributed by atoms with E-state index in [0.29, 0.717) is 23.9 Å². The second-order valence-corrected chi connectivity index (χ2v) is 7.58. The van der Waals surface area contributed by atoms with Gasteiger partial charge in [0.15, 0.2) is 6.61 Å². The molecule has 29 heavy (non-hydrogen) atoms. The molecular formula is C23H29ClN2O3. The highest BCUT2D eigenvalue weighted by molar-refractivity contribution is 6.31. The van der Waals surface area contributed by atoms with Crippen LogP contribution in [0.4, 0.5) is 0 Å². The number of carbonyl (C=O) groups is 2. The lowest BCUT2D eigenvalue weighted by Gasteiger charge is -2.28. The van der Waals surface area contributed by atoms with Crippen molar-refractivity contribution in [1.29, 1.82) is 0 Å². The molecule has 5 nitrogen and oxygen atoms in total. The Morgan fingerprint density at radius 3 is 2.45 bits per heavy atom. The van der Waals surface area contributed by atoms with E-state index >= 15 is 0 Å². The average molecular weight is 417 g/mol. The molecule has 156 valence electrons. The van der Waals surface area contributed by atoms with E-state index in [1.165, 1.54) is 0 Å². The van der Waals surface area contributed by atoms with Crippen molar-refractivity contribution >= 4 is 23.4 Å². The Kier molecular flexibility index (Phi) is 8.52. The number of rotatable bonds is 9.